The number of halogens is 1. The molecule has 2 heterocycles. The van der Waals surface area contributed by atoms with E-state index in [-0.39, 0.29) is 22.1 Å². The first-order chi connectivity index (χ1) is 15.5. The summed E-state index contributed by atoms with van der Waals surface area (Å²) >= 11 is 6.38. The molecule has 0 aliphatic rings. The van der Waals surface area contributed by atoms with Crippen LogP contribution >= 0.6 is 11.6 Å². The molecule has 32 heavy (non-hydrogen) atoms. The normalized spacial score (nSPS) is 11.8. The molecule has 8 nitrogen and oxygen atoms in total. The van der Waals surface area contributed by atoms with Gasteiger partial charge in [0, 0.05) is 0 Å². The molecule has 0 amide bonds. The van der Waals surface area contributed by atoms with E-state index in [9.17, 15) is 15.2 Å². The molecule has 0 aliphatic heterocycles. The zero-order valence-electron chi connectivity index (χ0n) is 17.0. The number of carbonyl (C=O) groups is 1. The quantitative estimate of drug-likeness (QED) is 0.257. The summed E-state index contributed by atoms with van der Waals surface area (Å²) in [6.07, 6.45) is 0. The Hall–Kier alpha value is -4.09. The van der Waals surface area contributed by atoms with Gasteiger partial charge in [0.05, 0.1) is 23.3 Å². The Labute approximate surface area is 188 Å². The molecular weight excluding hydrogens is 430 g/mol. The topological polar surface area (TPSA) is 117 Å². The highest BCUT2D eigenvalue weighted by molar-refractivity contribution is 6.32. The number of carbonyl (C=O) groups excluding carboxylic acids is 1. The molecule has 0 unspecified atom stereocenters. The van der Waals surface area contributed by atoms with E-state index in [0.29, 0.717) is 23.3 Å². The molecule has 4 rings (SSSR count). The van der Waals surface area contributed by atoms with Crippen molar-refractivity contribution in [1.29, 1.82) is 5.26 Å². The monoisotopic (exact) mass is 447 g/mol. The van der Waals surface area contributed by atoms with Gasteiger partial charge in [-0.25, -0.2) is 14.5 Å². The summed E-state index contributed by atoms with van der Waals surface area (Å²) in [6.45, 7) is 1.52. The van der Waals surface area contributed by atoms with E-state index in [0.717, 1.165) is 5.56 Å². The fourth-order valence-corrected chi connectivity index (χ4v) is 3.56. The second kappa shape index (κ2) is 8.96. The van der Waals surface area contributed by atoms with Crippen LogP contribution < -0.4 is 0 Å². The number of hydrogen-bond acceptors (Lipinski definition) is 6. The third kappa shape index (κ3) is 4.19. The Morgan fingerprint density at radius 1 is 1.22 bits per heavy atom. The van der Waals surface area contributed by atoms with E-state index in [1.807, 2.05) is 48.5 Å². The standard InChI is InChI=1S/C23H18ClN5O3/c1-14-20(21(24)29(28-14)12-15-7-3-2-4-8-15)23(31)32-13-19(30)16(11-25)22-26-17-9-5-6-10-18(17)27-22/h2-10,30H,12-13H2,1H3,(H,26,27). The second-order valence-corrected chi connectivity index (χ2v) is 7.36. The summed E-state index contributed by atoms with van der Waals surface area (Å²) in [5.74, 6) is -0.988. The number of nitrogens with zero attached hydrogens (tertiary/aromatic N) is 4. The number of aromatic nitrogens is 4. The van der Waals surface area contributed by atoms with Gasteiger partial charge < -0.3 is 14.8 Å². The number of rotatable bonds is 6. The number of nitriles is 1. The number of nitrogens with one attached hydrogen (secondary N) is 1. The van der Waals surface area contributed by atoms with Crippen molar-refractivity contribution in [3.63, 3.8) is 0 Å². The van der Waals surface area contributed by atoms with Gasteiger partial charge >= 0.3 is 5.97 Å². The summed E-state index contributed by atoms with van der Waals surface area (Å²) in [5.41, 5.74) is 2.73. The van der Waals surface area contributed by atoms with E-state index in [4.69, 9.17) is 16.3 Å². The molecule has 0 bridgehead atoms. The molecule has 4 aromatic rings. The zero-order valence-corrected chi connectivity index (χ0v) is 17.8. The van der Waals surface area contributed by atoms with Crippen LogP contribution in [0.1, 0.15) is 27.4 Å². The van der Waals surface area contributed by atoms with E-state index in [2.05, 4.69) is 15.1 Å². The SMILES string of the molecule is Cc1nn(Cc2ccccc2)c(Cl)c1C(=O)OCC(O)=C(C#N)c1nc2ccccc2[nH]1. The first-order valence-corrected chi connectivity index (χ1v) is 10.1. The van der Waals surface area contributed by atoms with Crippen molar-refractivity contribution < 1.29 is 14.6 Å². The minimum atomic E-state index is -0.750. The molecule has 0 fully saturated rings. The van der Waals surface area contributed by atoms with Gasteiger partial charge in [0.2, 0.25) is 0 Å². The van der Waals surface area contributed by atoms with Crippen molar-refractivity contribution >= 4 is 34.2 Å². The molecular formula is C23H18ClN5O3. The van der Waals surface area contributed by atoms with Gasteiger partial charge in [0.15, 0.2) is 11.6 Å². The molecule has 2 aromatic heterocycles. The Bertz CT molecular complexity index is 1330. The number of aryl methyl sites for hydroxylation is 1. The van der Waals surface area contributed by atoms with Gasteiger partial charge in [-0.2, -0.15) is 10.4 Å². The molecule has 0 atom stereocenters. The number of benzene rings is 2. The number of imidazole rings is 1. The molecule has 2 aromatic carbocycles. The van der Waals surface area contributed by atoms with Crippen LogP contribution in [0.3, 0.4) is 0 Å². The number of esters is 1. The predicted molar refractivity (Wildman–Crippen MR) is 119 cm³/mol. The van der Waals surface area contributed by atoms with E-state index < -0.39 is 18.3 Å². The van der Waals surface area contributed by atoms with Gasteiger partial charge in [0.1, 0.15) is 29.0 Å². The largest absolute Gasteiger partial charge is 0.507 e. The third-order valence-corrected chi connectivity index (χ3v) is 5.20. The number of hydrogen-bond donors (Lipinski definition) is 2. The highest BCUT2D eigenvalue weighted by Crippen LogP contribution is 2.23. The number of aliphatic hydroxyl groups is 1. The van der Waals surface area contributed by atoms with Gasteiger partial charge in [-0.15, -0.1) is 0 Å². The van der Waals surface area contributed by atoms with Crippen LogP contribution in [0.2, 0.25) is 5.15 Å². The highest BCUT2D eigenvalue weighted by atomic mass is 35.5. The predicted octanol–water partition coefficient (Wildman–Crippen LogP) is 4.42. The minimum absolute atomic E-state index is 0.109. The summed E-state index contributed by atoms with van der Waals surface area (Å²) < 4.78 is 6.72. The lowest BCUT2D eigenvalue weighted by molar-refractivity contribution is 0.0502. The van der Waals surface area contributed by atoms with Crippen LogP contribution in [0, 0.1) is 18.3 Å². The molecule has 0 spiro atoms. The molecule has 160 valence electrons. The Morgan fingerprint density at radius 2 is 1.94 bits per heavy atom. The number of aromatic amines is 1. The fraction of sp³-hybridized carbons (Fsp3) is 0.130. The Kier molecular flexibility index (Phi) is 5.92. The van der Waals surface area contributed by atoms with E-state index >= 15 is 0 Å². The van der Waals surface area contributed by atoms with Gasteiger partial charge in [-0.05, 0) is 24.6 Å². The van der Waals surface area contributed by atoms with Crippen LogP contribution in [0.4, 0.5) is 0 Å². The number of para-hydroxylation sites is 2. The first kappa shape index (κ1) is 21.2. The molecule has 0 saturated carbocycles. The second-order valence-electron chi connectivity index (χ2n) is 7.01. The molecule has 0 aliphatic carbocycles. The molecule has 2 N–H and O–H groups in total. The van der Waals surface area contributed by atoms with Crippen molar-refractivity contribution in [2.24, 2.45) is 0 Å². The number of aliphatic hydroxyl groups excluding tert-OH is 1. The molecule has 0 radical (unpaired) electrons. The Balaban J connectivity index is 1.52. The van der Waals surface area contributed by atoms with Crippen molar-refractivity contribution in [3.8, 4) is 6.07 Å². The van der Waals surface area contributed by atoms with Crippen LogP contribution in [-0.4, -0.2) is 37.4 Å². The number of ether oxygens (including phenoxy) is 1. The fourth-order valence-electron chi connectivity index (χ4n) is 3.25. The number of allylic oxidation sites excluding steroid dienone is 1. The highest BCUT2D eigenvalue weighted by Gasteiger charge is 2.23. The number of fused-ring (bicyclic) bond motifs is 1. The van der Waals surface area contributed by atoms with Crippen molar-refractivity contribution in [2.45, 2.75) is 13.5 Å². The van der Waals surface area contributed by atoms with E-state index in [1.54, 1.807) is 19.1 Å². The van der Waals surface area contributed by atoms with E-state index in [1.165, 1.54) is 4.68 Å². The van der Waals surface area contributed by atoms with Crippen molar-refractivity contribution in [3.05, 3.63) is 88.2 Å². The maximum absolute atomic E-state index is 12.6. The minimum Gasteiger partial charge on any atom is -0.507 e. The summed E-state index contributed by atoms with van der Waals surface area (Å²) in [6, 6.07) is 18.7. The van der Waals surface area contributed by atoms with Crippen LogP contribution in [0.5, 0.6) is 0 Å². The van der Waals surface area contributed by atoms with Crippen LogP contribution in [-0.2, 0) is 11.3 Å². The van der Waals surface area contributed by atoms with Crippen LogP contribution in [0.25, 0.3) is 16.6 Å². The average Bonchev–Trinajstić information content (AvgIpc) is 3.33. The zero-order chi connectivity index (χ0) is 22.7. The summed E-state index contributed by atoms with van der Waals surface area (Å²) in [5, 5.41) is 24.3. The maximum Gasteiger partial charge on any atom is 0.343 e. The van der Waals surface area contributed by atoms with Crippen molar-refractivity contribution in [2.75, 3.05) is 6.61 Å². The van der Waals surface area contributed by atoms with Gasteiger partial charge in [0.25, 0.3) is 0 Å². The molecule has 9 heteroatoms. The average molecular weight is 448 g/mol. The summed E-state index contributed by atoms with van der Waals surface area (Å²) in [4.78, 5) is 19.9. The lowest BCUT2D eigenvalue weighted by Gasteiger charge is -2.06. The third-order valence-electron chi connectivity index (χ3n) is 4.81. The van der Waals surface area contributed by atoms with Gasteiger partial charge in [-0.3, -0.25) is 0 Å². The molecule has 0 saturated heterocycles. The van der Waals surface area contributed by atoms with Crippen LogP contribution in [0.15, 0.2) is 60.4 Å². The van der Waals surface area contributed by atoms with Crippen molar-refractivity contribution in [1.82, 2.24) is 19.7 Å². The number of H-pyrrole nitrogens is 1. The Morgan fingerprint density at radius 3 is 2.66 bits per heavy atom. The maximum atomic E-state index is 12.6. The lowest BCUT2D eigenvalue weighted by Crippen LogP contribution is -2.10. The lowest BCUT2D eigenvalue weighted by atomic mass is 10.2. The summed E-state index contributed by atoms with van der Waals surface area (Å²) in [7, 11) is 0. The first-order valence-electron chi connectivity index (χ1n) is 9.69. The van der Waals surface area contributed by atoms with Gasteiger partial charge in [-0.1, -0.05) is 54.1 Å². The smallest absolute Gasteiger partial charge is 0.343 e.